The molecule has 0 saturated heterocycles. The predicted octanol–water partition coefficient (Wildman–Crippen LogP) is 3.58. The van der Waals surface area contributed by atoms with Gasteiger partial charge in [0.25, 0.3) is 5.91 Å². The number of carbonyl (C=O) groups excluding carboxylic acids is 1. The maximum absolute atomic E-state index is 12.3. The van der Waals surface area contributed by atoms with E-state index in [0.717, 1.165) is 16.0 Å². The van der Waals surface area contributed by atoms with Gasteiger partial charge in [-0.2, -0.15) is 0 Å². The highest BCUT2D eigenvalue weighted by Gasteiger charge is 2.13. The van der Waals surface area contributed by atoms with Crippen LogP contribution in [0.2, 0.25) is 5.02 Å². The number of hydrogen-bond acceptors (Lipinski definition) is 3. The lowest BCUT2D eigenvalue weighted by Crippen LogP contribution is -2.11. The van der Waals surface area contributed by atoms with E-state index in [1.54, 1.807) is 12.1 Å². The zero-order valence-corrected chi connectivity index (χ0v) is 13.4. The first-order chi connectivity index (χ1) is 10.0. The van der Waals surface area contributed by atoms with Crippen LogP contribution in [0, 0.1) is 25.7 Å². The number of aryl methyl sites for hydroxylation is 2. The predicted molar refractivity (Wildman–Crippen MR) is 89.1 cm³/mol. The molecule has 0 atom stereocenters. The number of halogens is 1. The SMILES string of the molecule is Cc1ccc(Cl)cc1NC(=O)c1cc(C)c(C#CCN)s1. The van der Waals surface area contributed by atoms with Crippen molar-refractivity contribution in [3.05, 3.63) is 50.2 Å². The molecule has 3 N–H and O–H groups in total. The molecular formula is C16H15ClN2OS. The van der Waals surface area contributed by atoms with Crippen LogP contribution < -0.4 is 11.1 Å². The lowest BCUT2D eigenvalue weighted by molar-refractivity contribution is 0.103. The van der Waals surface area contributed by atoms with Gasteiger partial charge in [0.15, 0.2) is 0 Å². The lowest BCUT2D eigenvalue weighted by atomic mass is 10.2. The first-order valence-corrected chi connectivity index (χ1v) is 7.57. The number of carbonyl (C=O) groups is 1. The summed E-state index contributed by atoms with van der Waals surface area (Å²) in [4.78, 5) is 13.8. The first-order valence-electron chi connectivity index (χ1n) is 6.38. The summed E-state index contributed by atoms with van der Waals surface area (Å²) >= 11 is 7.32. The average Bonchev–Trinajstić information content (AvgIpc) is 2.82. The molecule has 0 fully saturated rings. The Bertz CT molecular complexity index is 740. The van der Waals surface area contributed by atoms with E-state index in [2.05, 4.69) is 17.2 Å². The number of nitrogens with two attached hydrogens (primary N) is 1. The molecule has 0 bridgehead atoms. The van der Waals surface area contributed by atoms with Gasteiger partial charge in [-0.3, -0.25) is 4.79 Å². The molecule has 0 radical (unpaired) electrons. The minimum atomic E-state index is -0.158. The Morgan fingerprint density at radius 3 is 2.81 bits per heavy atom. The zero-order valence-electron chi connectivity index (χ0n) is 11.8. The molecule has 0 saturated carbocycles. The fraction of sp³-hybridized carbons (Fsp3) is 0.188. The molecule has 0 aliphatic heterocycles. The molecule has 0 aliphatic rings. The molecule has 1 amide bonds. The third-order valence-corrected chi connectivity index (χ3v) is 4.28. The van der Waals surface area contributed by atoms with Crippen LogP contribution in [0.4, 0.5) is 5.69 Å². The Morgan fingerprint density at radius 1 is 1.33 bits per heavy atom. The minimum Gasteiger partial charge on any atom is -0.321 e. The Hall–Kier alpha value is -1.80. The topological polar surface area (TPSA) is 55.1 Å². The Labute approximate surface area is 133 Å². The number of hydrogen-bond donors (Lipinski definition) is 2. The van der Waals surface area contributed by atoms with Gasteiger partial charge in [-0.15, -0.1) is 11.3 Å². The zero-order chi connectivity index (χ0) is 15.4. The van der Waals surface area contributed by atoms with Gasteiger partial charge < -0.3 is 11.1 Å². The fourth-order valence-electron chi connectivity index (χ4n) is 1.76. The van der Waals surface area contributed by atoms with Crippen molar-refractivity contribution in [2.45, 2.75) is 13.8 Å². The quantitative estimate of drug-likeness (QED) is 0.832. The Kier molecular flexibility index (Phi) is 5.03. The van der Waals surface area contributed by atoms with Gasteiger partial charge in [-0.25, -0.2) is 0 Å². The Morgan fingerprint density at radius 2 is 2.10 bits per heavy atom. The number of anilines is 1. The molecular weight excluding hydrogens is 304 g/mol. The van der Waals surface area contributed by atoms with Crippen LogP contribution in [-0.2, 0) is 0 Å². The normalized spacial score (nSPS) is 9.90. The van der Waals surface area contributed by atoms with Gasteiger partial charge in [-0.1, -0.05) is 29.5 Å². The molecule has 0 unspecified atom stereocenters. The maximum atomic E-state index is 12.3. The van der Waals surface area contributed by atoms with E-state index in [1.807, 2.05) is 26.0 Å². The molecule has 1 heterocycles. The number of benzene rings is 1. The summed E-state index contributed by atoms with van der Waals surface area (Å²) in [6.07, 6.45) is 0. The number of thiophene rings is 1. The van der Waals surface area contributed by atoms with Crippen molar-refractivity contribution in [1.82, 2.24) is 0 Å². The van der Waals surface area contributed by atoms with Crippen molar-refractivity contribution in [2.75, 3.05) is 11.9 Å². The van der Waals surface area contributed by atoms with Gasteiger partial charge >= 0.3 is 0 Å². The summed E-state index contributed by atoms with van der Waals surface area (Å²) < 4.78 is 0. The monoisotopic (exact) mass is 318 g/mol. The fourth-order valence-corrected chi connectivity index (χ4v) is 2.88. The van der Waals surface area contributed by atoms with Crippen molar-refractivity contribution in [1.29, 1.82) is 0 Å². The van der Waals surface area contributed by atoms with Crippen LogP contribution in [0.5, 0.6) is 0 Å². The third kappa shape index (κ3) is 3.85. The van der Waals surface area contributed by atoms with Gasteiger partial charge in [0, 0.05) is 10.7 Å². The minimum absolute atomic E-state index is 0.158. The third-order valence-electron chi connectivity index (χ3n) is 2.89. The van der Waals surface area contributed by atoms with E-state index >= 15 is 0 Å². The van der Waals surface area contributed by atoms with Gasteiger partial charge in [0.2, 0.25) is 0 Å². The second kappa shape index (κ2) is 6.77. The van der Waals surface area contributed by atoms with E-state index < -0.39 is 0 Å². The Balaban J connectivity index is 2.23. The standard InChI is InChI=1S/C16H15ClN2OS/c1-10-5-6-12(17)9-13(10)19-16(20)15-8-11(2)14(21-15)4-3-7-18/h5-6,8-9H,7,18H2,1-2H3,(H,19,20). The number of nitrogens with one attached hydrogen (secondary N) is 1. The highest BCUT2D eigenvalue weighted by molar-refractivity contribution is 7.14. The van der Waals surface area contributed by atoms with E-state index in [4.69, 9.17) is 17.3 Å². The summed E-state index contributed by atoms with van der Waals surface area (Å²) in [7, 11) is 0. The van der Waals surface area contributed by atoms with Crippen molar-refractivity contribution in [3.63, 3.8) is 0 Å². The highest BCUT2D eigenvalue weighted by Crippen LogP contribution is 2.24. The first kappa shape index (κ1) is 15.6. The van der Waals surface area contributed by atoms with Gasteiger partial charge in [-0.05, 0) is 43.2 Å². The second-order valence-corrected chi connectivity index (χ2v) is 6.03. The molecule has 5 heteroatoms. The maximum Gasteiger partial charge on any atom is 0.265 e. The van der Waals surface area contributed by atoms with Crippen LogP contribution in [0.25, 0.3) is 0 Å². The summed E-state index contributed by atoms with van der Waals surface area (Å²) in [6.45, 7) is 4.16. The van der Waals surface area contributed by atoms with Crippen LogP contribution in [0.3, 0.4) is 0 Å². The molecule has 108 valence electrons. The summed E-state index contributed by atoms with van der Waals surface area (Å²) in [5, 5.41) is 3.47. The lowest BCUT2D eigenvalue weighted by Gasteiger charge is -2.07. The molecule has 0 aliphatic carbocycles. The van der Waals surface area contributed by atoms with Gasteiger partial charge in [0.05, 0.1) is 16.3 Å². The van der Waals surface area contributed by atoms with Crippen LogP contribution >= 0.6 is 22.9 Å². The van der Waals surface area contributed by atoms with E-state index in [0.29, 0.717) is 22.1 Å². The summed E-state index contributed by atoms with van der Waals surface area (Å²) in [5.74, 6) is 5.62. The smallest absolute Gasteiger partial charge is 0.265 e. The molecule has 1 aromatic heterocycles. The van der Waals surface area contributed by atoms with Crippen molar-refractivity contribution in [3.8, 4) is 11.8 Å². The molecule has 2 rings (SSSR count). The van der Waals surface area contributed by atoms with E-state index in [9.17, 15) is 4.79 Å². The van der Waals surface area contributed by atoms with E-state index in [-0.39, 0.29) is 5.91 Å². The van der Waals surface area contributed by atoms with Gasteiger partial charge in [0.1, 0.15) is 0 Å². The molecule has 21 heavy (non-hydrogen) atoms. The van der Waals surface area contributed by atoms with Crippen LogP contribution in [0.1, 0.15) is 25.7 Å². The average molecular weight is 319 g/mol. The molecule has 1 aromatic carbocycles. The molecule has 2 aromatic rings. The van der Waals surface area contributed by atoms with Crippen molar-refractivity contribution < 1.29 is 4.79 Å². The largest absolute Gasteiger partial charge is 0.321 e. The van der Waals surface area contributed by atoms with Crippen molar-refractivity contribution >= 4 is 34.5 Å². The van der Waals surface area contributed by atoms with Crippen LogP contribution in [0.15, 0.2) is 24.3 Å². The summed E-state index contributed by atoms with van der Waals surface area (Å²) in [5.41, 5.74) is 8.02. The van der Waals surface area contributed by atoms with E-state index in [1.165, 1.54) is 11.3 Å². The highest BCUT2D eigenvalue weighted by atomic mass is 35.5. The second-order valence-electron chi connectivity index (χ2n) is 4.54. The number of amides is 1. The summed E-state index contributed by atoms with van der Waals surface area (Å²) in [6, 6.07) is 7.24. The van der Waals surface area contributed by atoms with Crippen molar-refractivity contribution in [2.24, 2.45) is 5.73 Å². The molecule has 3 nitrogen and oxygen atoms in total. The van der Waals surface area contributed by atoms with Crippen LogP contribution in [-0.4, -0.2) is 12.5 Å². The molecule has 0 spiro atoms. The number of rotatable bonds is 2.